The fraction of sp³-hybridized carbons (Fsp3) is 0.190. The van der Waals surface area contributed by atoms with Gasteiger partial charge in [0.1, 0.15) is 17.2 Å². The molecule has 3 rings (SSSR count). The molecule has 0 fully saturated rings. The molecule has 1 heterocycles. The highest BCUT2D eigenvalue weighted by molar-refractivity contribution is 7.17. The highest BCUT2D eigenvalue weighted by Gasteiger charge is 2.18. The van der Waals surface area contributed by atoms with Gasteiger partial charge in [-0.2, -0.15) is 0 Å². The second kappa shape index (κ2) is 10.0. The van der Waals surface area contributed by atoms with Crippen LogP contribution in [0.4, 0.5) is 5.13 Å². The molecule has 1 amide bonds. The summed E-state index contributed by atoms with van der Waals surface area (Å²) in [6, 6.07) is 16.3. The van der Waals surface area contributed by atoms with Crippen molar-refractivity contribution in [2.24, 2.45) is 0 Å². The minimum atomic E-state index is -0.463. The van der Waals surface area contributed by atoms with Gasteiger partial charge < -0.3 is 14.8 Å². The average molecular weight is 431 g/mol. The first-order valence-corrected chi connectivity index (χ1v) is 10.1. The highest BCUT2D eigenvalue weighted by Crippen LogP contribution is 2.24. The summed E-state index contributed by atoms with van der Waals surface area (Å²) in [6.07, 6.45) is 0.148. The van der Waals surface area contributed by atoms with Crippen molar-refractivity contribution in [3.8, 4) is 5.75 Å². The van der Waals surface area contributed by atoms with Crippen molar-refractivity contribution in [2.75, 3.05) is 11.9 Å². The van der Waals surface area contributed by atoms with E-state index in [2.05, 4.69) is 10.3 Å². The van der Waals surface area contributed by atoms with Crippen LogP contribution in [0.3, 0.4) is 0 Å². The number of amides is 1. The average Bonchev–Trinajstić information content (AvgIpc) is 3.08. The molecule has 8 heteroatoms. The van der Waals surface area contributed by atoms with E-state index in [4.69, 9.17) is 21.1 Å². The first kappa shape index (κ1) is 20.8. The number of aromatic nitrogens is 1. The fourth-order valence-corrected chi connectivity index (χ4v) is 3.40. The van der Waals surface area contributed by atoms with Gasteiger partial charge in [0, 0.05) is 5.02 Å². The smallest absolute Gasteiger partial charge is 0.350 e. The van der Waals surface area contributed by atoms with Crippen LogP contribution >= 0.6 is 22.9 Å². The second-order valence-electron chi connectivity index (χ2n) is 6.10. The molecule has 3 aromatic rings. The molecule has 0 unspecified atom stereocenters. The van der Waals surface area contributed by atoms with E-state index < -0.39 is 5.97 Å². The zero-order valence-electron chi connectivity index (χ0n) is 15.7. The van der Waals surface area contributed by atoms with Crippen LogP contribution in [0.2, 0.25) is 5.02 Å². The quantitative estimate of drug-likeness (QED) is 0.516. The number of nitrogens with one attached hydrogen (secondary N) is 1. The summed E-state index contributed by atoms with van der Waals surface area (Å²) in [5.41, 5.74) is 1.41. The first-order valence-electron chi connectivity index (χ1n) is 8.88. The van der Waals surface area contributed by atoms with Gasteiger partial charge in [-0.1, -0.05) is 53.3 Å². The summed E-state index contributed by atoms with van der Waals surface area (Å²) < 4.78 is 10.8. The third kappa shape index (κ3) is 6.30. The van der Waals surface area contributed by atoms with Gasteiger partial charge in [0.15, 0.2) is 5.13 Å². The zero-order chi connectivity index (χ0) is 20.6. The Morgan fingerprint density at radius 3 is 2.55 bits per heavy atom. The number of esters is 1. The van der Waals surface area contributed by atoms with Gasteiger partial charge in [-0.25, -0.2) is 9.78 Å². The van der Waals surface area contributed by atoms with Crippen LogP contribution in [-0.4, -0.2) is 23.5 Å². The van der Waals surface area contributed by atoms with E-state index >= 15 is 0 Å². The van der Waals surface area contributed by atoms with Crippen molar-refractivity contribution in [1.82, 2.24) is 4.98 Å². The lowest BCUT2D eigenvalue weighted by Crippen LogP contribution is -2.15. The van der Waals surface area contributed by atoms with E-state index in [-0.39, 0.29) is 25.5 Å². The van der Waals surface area contributed by atoms with Gasteiger partial charge in [-0.05, 0) is 36.8 Å². The van der Waals surface area contributed by atoms with Crippen LogP contribution in [-0.2, 0) is 16.1 Å². The molecule has 150 valence electrons. The van der Waals surface area contributed by atoms with Gasteiger partial charge >= 0.3 is 5.97 Å². The zero-order valence-corrected chi connectivity index (χ0v) is 17.3. The molecule has 2 aromatic carbocycles. The Kier molecular flexibility index (Phi) is 7.21. The lowest BCUT2D eigenvalue weighted by molar-refractivity contribution is -0.116. The minimum Gasteiger partial charge on any atom is -0.493 e. The topological polar surface area (TPSA) is 77.5 Å². The molecular weight excluding hydrogens is 412 g/mol. The van der Waals surface area contributed by atoms with Crippen molar-refractivity contribution in [2.45, 2.75) is 20.0 Å². The Balaban J connectivity index is 1.48. The maximum atomic E-state index is 12.3. The standard InChI is InChI=1S/C21H19ClN2O4S/c1-14-19(20(26)28-13-15-5-3-2-4-6-15)29-21(23-14)24-18(25)11-12-27-17-9-7-16(22)8-10-17/h2-10H,11-13H2,1H3,(H,23,24,25). The first-order chi connectivity index (χ1) is 14.0. The number of benzene rings is 2. The molecule has 6 nitrogen and oxygen atoms in total. The number of hydrogen-bond donors (Lipinski definition) is 1. The minimum absolute atomic E-state index is 0.148. The molecule has 0 aliphatic carbocycles. The molecule has 1 aromatic heterocycles. The van der Waals surface area contributed by atoms with Crippen molar-refractivity contribution in [1.29, 1.82) is 0 Å². The van der Waals surface area contributed by atoms with E-state index in [1.807, 2.05) is 30.3 Å². The second-order valence-corrected chi connectivity index (χ2v) is 7.53. The molecule has 0 saturated carbocycles. The molecule has 29 heavy (non-hydrogen) atoms. The number of thiazole rings is 1. The molecule has 0 atom stereocenters. The maximum Gasteiger partial charge on any atom is 0.350 e. The van der Waals surface area contributed by atoms with Crippen molar-refractivity contribution < 1.29 is 19.1 Å². The molecule has 0 radical (unpaired) electrons. The number of anilines is 1. The van der Waals surface area contributed by atoms with Gasteiger partial charge in [0.25, 0.3) is 0 Å². The third-order valence-corrected chi connectivity index (χ3v) is 5.16. The number of hydrogen-bond acceptors (Lipinski definition) is 6. The number of aryl methyl sites for hydroxylation is 1. The Morgan fingerprint density at radius 1 is 1.10 bits per heavy atom. The van der Waals surface area contributed by atoms with E-state index in [9.17, 15) is 9.59 Å². The molecular formula is C21H19ClN2O4S. The largest absolute Gasteiger partial charge is 0.493 e. The number of carbonyl (C=O) groups excluding carboxylic acids is 2. The molecule has 1 N–H and O–H groups in total. The van der Waals surface area contributed by atoms with E-state index in [0.29, 0.717) is 26.5 Å². The summed E-state index contributed by atoms with van der Waals surface area (Å²) in [5, 5.41) is 3.66. The van der Waals surface area contributed by atoms with E-state index in [1.165, 1.54) is 0 Å². The van der Waals surface area contributed by atoms with Crippen LogP contribution in [0.15, 0.2) is 54.6 Å². The van der Waals surface area contributed by atoms with E-state index in [0.717, 1.165) is 16.9 Å². The normalized spacial score (nSPS) is 10.4. The molecule has 0 aliphatic rings. The Morgan fingerprint density at radius 2 is 1.83 bits per heavy atom. The van der Waals surface area contributed by atoms with Crippen LogP contribution in [0.1, 0.15) is 27.3 Å². The summed E-state index contributed by atoms with van der Waals surface area (Å²) in [5.74, 6) is -0.0805. The summed E-state index contributed by atoms with van der Waals surface area (Å²) >= 11 is 6.91. The van der Waals surface area contributed by atoms with Crippen molar-refractivity contribution >= 4 is 39.9 Å². The Hall–Kier alpha value is -2.90. The number of halogens is 1. The Bertz CT molecular complexity index is 974. The predicted molar refractivity (Wildman–Crippen MR) is 113 cm³/mol. The number of carbonyl (C=O) groups is 2. The SMILES string of the molecule is Cc1nc(NC(=O)CCOc2ccc(Cl)cc2)sc1C(=O)OCc1ccccc1. The van der Waals surface area contributed by atoms with Crippen molar-refractivity contribution in [3.63, 3.8) is 0 Å². The predicted octanol–water partition coefficient (Wildman–Crippen LogP) is 4.87. The van der Waals surface area contributed by atoms with Gasteiger partial charge in [0.05, 0.1) is 18.7 Å². The molecule has 0 aliphatic heterocycles. The number of ether oxygens (including phenoxy) is 2. The van der Waals surface area contributed by atoms with Crippen LogP contribution in [0.5, 0.6) is 5.75 Å². The van der Waals surface area contributed by atoms with Crippen LogP contribution < -0.4 is 10.1 Å². The maximum absolute atomic E-state index is 12.3. The summed E-state index contributed by atoms with van der Waals surface area (Å²) in [6.45, 7) is 2.10. The van der Waals surface area contributed by atoms with Gasteiger partial charge in [-0.3, -0.25) is 4.79 Å². The lowest BCUT2D eigenvalue weighted by atomic mass is 10.2. The monoisotopic (exact) mass is 430 g/mol. The highest BCUT2D eigenvalue weighted by atomic mass is 35.5. The number of rotatable bonds is 8. The van der Waals surface area contributed by atoms with Crippen LogP contribution in [0, 0.1) is 6.92 Å². The molecule has 0 spiro atoms. The molecule has 0 bridgehead atoms. The lowest BCUT2D eigenvalue weighted by Gasteiger charge is -2.06. The third-order valence-electron chi connectivity index (χ3n) is 3.85. The number of nitrogens with zero attached hydrogens (tertiary/aromatic N) is 1. The van der Waals surface area contributed by atoms with Gasteiger partial charge in [-0.15, -0.1) is 0 Å². The Labute approximate surface area is 177 Å². The van der Waals surface area contributed by atoms with Crippen molar-refractivity contribution in [3.05, 3.63) is 75.8 Å². The summed E-state index contributed by atoms with van der Waals surface area (Å²) in [7, 11) is 0. The van der Waals surface area contributed by atoms with E-state index in [1.54, 1.807) is 31.2 Å². The van der Waals surface area contributed by atoms with Crippen LogP contribution in [0.25, 0.3) is 0 Å². The summed E-state index contributed by atoms with van der Waals surface area (Å²) in [4.78, 5) is 29.0. The molecule has 0 saturated heterocycles. The van der Waals surface area contributed by atoms with Gasteiger partial charge in [0.2, 0.25) is 5.91 Å². The fourth-order valence-electron chi connectivity index (χ4n) is 2.40.